The van der Waals surface area contributed by atoms with E-state index >= 15 is 0 Å². The number of hydrogen-bond donors (Lipinski definition) is 0. The van der Waals surface area contributed by atoms with Gasteiger partial charge in [-0.15, -0.1) is 0 Å². The molecule has 0 saturated heterocycles. The summed E-state index contributed by atoms with van der Waals surface area (Å²) in [6.07, 6.45) is 6.96. The Kier molecular flexibility index (Phi) is 7.29. The maximum atomic E-state index is 14.8. The summed E-state index contributed by atoms with van der Waals surface area (Å²) >= 11 is 0. The van der Waals surface area contributed by atoms with Gasteiger partial charge in [0.15, 0.2) is 0 Å². The minimum absolute atomic E-state index is 0.206. The molecule has 0 saturated carbocycles. The van der Waals surface area contributed by atoms with Gasteiger partial charge in [0, 0.05) is 22.9 Å². The van der Waals surface area contributed by atoms with Crippen molar-refractivity contribution in [3.63, 3.8) is 0 Å². The lowest BCUT2D eigenvalue weighted by Crippen LogP contribution is -2.10. The molecule has 0 radical (unpaired) electrons. The van der Waals surface area contributed by atoms with Gasteiger partial charge in [0.1, 0.15) is 11.6 Å². The third kappa shape index (κ3) is 4.63. The van der Waals surface area contributed by atoms with Crippen LogP contribution in [0.15, 0.2) is 24.3 Å². The highest BCUT2D eigenvalue weighted by molar-refractivity contribution is 5.80. The molecule has 0 aliphatic carbocycles. The van der Waals surface area contributed by atoms with Crippen molar-refractivity contribution >= 4 is 6.08 Å². The van der Waals surface area contributed by atoms with Crippen molar-refractivity contribution in [2.45, 2.75) is 72.6 Å². The van der Waals surface area contributed by atoms with Crippen molar-refractivity contribution in [1.82, 2.24) is 4.98 Å². The molecule has 0 N–H and O–H groups in total. The van der Waals surface area contributed by atoms with Crippen molar-refractivity contribution in [2.75, 3.05) is 0 Å². The Hall–Kier alpha value is -2.03. The molecule has 2 aromatic rings. The Labute approximate surface area is 162 Å². The molecule has 1 aromatic carbocycles. The number of nitrogens with zero attached hydrogens (tertiary/aromatic N) is 1. The second-order valence-corrected chi connectivity index (χ2v) is 7.63. The number of halogens is 2. The summed E-state index contributed by atoms with van der Waals surface area (Å²) in [5.41, 5.74) is 5.32. The van der Waals surface area contributed by atoms with Crippen LogP contribution in [0.3, 0.4) is 0 Å². The summed E-state index contributed by atoms with van der Waals surface area (Å²) in [7, 11) is 0. The molecule has 0 fully saturated rings. The summed E-state index contributed by atoms with van der Waals surface area (Å²) < 4.78 is 28.3. The summed E-state index contributed by atoms with van der Waals surface area (Å²) in [4.78, 5) is 5.01. The van der Waals surface area contributed by atoms with Crippen molar-refractivity contribution in [2.24, 2.45) is 0 Å². The lowest BCUT2D eigenvalue weighted by atomic mass is 9.85. The Morgan fingerprint density at radius 1 is 1.00 bits per heavy atom. The fourth-order valence-corrected chi connectivity index (χ4v) is 3.49. The molecule has 1 aromatic heterocycles. The zero-order chi connectivity index (χ0) is 20.1. The van der Waals surface area contributed by atoms with Gasteiger partial charge in [-0.05, 0) is 47.9 Å². The molecule has 3 heteroatoms. The molecule has 1 heterocycles. The Balaban J connectivity index is 2.94. The molecule has 0 aliphatic heterocycles. The van der Waals surface area contributed by atoms with Crippen LogP contribution < -0.4 is 0 Å². The van der Waals surface area contributed by atoms with Crippen LogP contribution in [0.5, 0.6) is 0 Å². The number of hydrogen-bond acceptors (Lipinski definition) is 1. The molecule has 0 bridgehead atoms. The van der Waals surface area contributed by atoms with Gasteiger partial charge >= 0.3 is 0 Å². The highest BCUT2D eigenvalue weighted by Gasteiger charge is 2.23. The van der Waals surface area contributed by atoms with E-state index in [2.05, 4.69) is 53.7 Å². The number of rotatable bonds is 7. The minimum atomic E-state index is -0.556. The van der Waals surface area contributed by atoms with Gasteiger partial charge in [0.05, 0.1) is 5.69 Å². The van der Waals surface area contributed by atoms with E-state index in [1.54, 1.807) is 6.07 Å². The summed E-state index contributed by atoms with van der Waals surface area (Å²) in [5, 5.41) is 0. The standard InChI is InChI=1S/C24H31F2N/c1-7-9-10-11-20-22(19-13-12-17(25)14-21(19)26)18(8-2)23(15(3)4)27-24(20)16(5)6/h10-16H,7-9H2,1-6H3. The molecule has 0 atom stereocenters. The molecular weight excluding hydrogens is 340 g/mol. The van der Waals surface area contributed by atoms with E-state index in [1.165, 1.54) is 6.07 Å². The first-order valence-corrected chi connectivity index (χ1v) is 10.00. The number of benzene rings is 1. The SMILES string of the molecule is CCCC=Cc1c(C(C)C)nc(C(C)C)c(CC)c1-c1ccc(F)cc1F. The van der Waals surface area contributed by atoms with E-state index in [0.29, 0.717) is 5.56 Å². The van der Waals surface area contributed by atoms with Crippen LogP contribution in [0.2, 0.25) is 0 Å². The van der Waals surface area contributed by atoms with Gasteiger partial charge < -0.3 is 0 Å². The van der Waals surface area contributed by atoms with E-state index in [9.17, 15) is 8.78 Å². The summed E-state index contributed by atoms with van der Waals surface area (Å²) in [6.45, 7) is 12.7. The number of unbranched alkanes of at least 4 members (excludes halogenated alkanes) is 1. The van der Waals surface area contributed by atoms with Crippen LogP contribution in [-0.2, 0) is 6.42 Å². The Bertz CT molecular complexity index is 820. The second kappa shape index (κ2) is 9.25. The van der Waals surface area contributed by atoms with Gasteiger partial charge in [0.25, 0.3) is 0 Å². The van der Waals surface area contributed by atoms with Crippen LogP contribution >= 0.6 is 0 Å². The van der Waals surface area contributed by atoms with Crippen molar-refractivity contribution in [3.8, 4) is 11.1 Å². The number of aromatic nitrogens is 1. The molecule has 146 valence electrons. The normalized spacial score (nSPS) is 11.9. The highest BCUT2D eigenvalue weighted by Crippen LogP contribution is 2.38. The molecule has 0 amide bonds. The van der Waals surface area contributed by atoms with Crippen LogP contribution in [0, 0.1) is 11.6 Å². The highest BCUT2D eigenvalue weighted by atomic mass is 19.1. The Morgan fingerprint density at radius 3 is 2.19 bits per heavy atom. The van der Waals surface area contributed by atoms with Crippen molar-refractivity contribution in [3.05, 3.63) is 58.4 Å². The van der Waals surface area contributed by atoms with Crippen LogP contribution in [0.1, 0.15) is 88.7 Å². The van der Waals surface area contributed by atoms with Crippen molar-refractivity contribution in [1.29, 1.82) is 0 Å². The monoisotopic (exact) mass is 371 g/mol. The fourth-order valence-electron chi connectivity index (χ4n) is 3.49. The molecule has 1 nitrogen and oxygen atoms in total. The molecule has 0 spiro atoms. The predicted octanol–water partition coefficient (Wildman–Crippen LogP) is 7.65. The first-order valence-electron chi connectivity index (χ1n) is 10.00. The lowest BCUT2D eigenvalue weighted by Gasteiger charge is -2.23. The van der Waals surface area contributed by atoms with Gasteiger partial charge in [-0.1, -0.05) is 60.1 Å². The van der Waals surface area contributed by atoms with E-state index < -0.39 is 11.6 Å². The minimum Gasteiger partial charge on any atom is -0.256 e. The molecular formula is C24H31F2N. The lowest BCUT2D eigenvalue weighted by molar-refractivity contribution is 0.585. The largest absolute Gasteiger partial charge is 0.256 e. The van der Waals surface area contributed by atoms with Crippen LogP contribution in [0.4, 0.5) is 8.78 Å². The first kappa shape index (κ1) is 21.3. The smallest absolute Gasteiger partial charge is 0.133 e. The summed E-state index contributed by atoms with van der Waals surface area (Å²) in [5.74, 6) is -0.643. The quantitative estimate of drug-likeness (QED) is 0.487. The average molecular weight is 372 g/mol. The van der Waals surface area contributed by atoms with Gasteiger partial charge in [-0.25, -0.2) is 8.78 Å². The third-order valence-corrected chi connectivity index (χ3v) is 4.78. The first-order chi connectivity index (χ1) is 12.8. The molecule has 27 heavy (non-hydrogen) atoms. The zero-order valence-corrected chi connectivity index (χ0v) is 17.4. The molecule has 0 aliphatic rings. The summed E-state index contributed by atoms with van der Waals surface area (Å²) in [6, 6.07) is 3.87. The Morgan fingerprint density at radius 2 is 1.67 bits per heavy atom. The van der Waals surface area contributed by atoms with Crippen molar-refractivity contribution < 1.29 is 8.78 Å². The maximum absolute atomic E-state index is 14.8. The molecule has 0 unspecified atom stereocenters. The van der Waals surface area contributed by atoms with E-state index in [0.717, 1.165) is 53.4 Å². The van der Waals surface area contributed by atoms with E-state index in [4.69, 9.17) is 4.98 Å². The van der Waals surface area contributed by atoms with E-state index in [-0.39, 0.29) is 11.8 Å². The second-order valence-electron chi connectivity index (χ2n) is 7.63. The van der Waals surface area contributed by atoms with Gasteiger partial charge in [-0.3, -0.25) is 4.98 Å². The fraction of sp³-hybridized carbons (Fsp3) is 0.458. The zero-order valence-electron chi connectivity index (χ0n) is 17.4. The van der Waals surface area contributed by atoms with Crippen LogP contribution in [0.25, 0.3) is 17.2 Å². The topological polar surface area (TPSA) is 12.9 Å². The van der Waals surface area contributed by atoms with Gasteiger partial charge in [-0.2, -0.15) is 0 Å². The third-order valence-electron chi connectivity index (χ3n) is 4.78. The molecule has 2 rings (SSSR count). The predicted molar refractivity (Wildman–Crippen MR) is 111 cm³/mol. The number of pyridine rings is 1. The average Bonchev–Trinajstić information content (AvgIpc) is 2.61. The van der Waals surface area contributed by atoms with Gasteiger partial charge in [0.2, 0.25) is 0 Å². The van der Waals surface area contributed by atoms with Crippen LogP contribution in [-0.4, -0.2) is 4.98 Å². The maximum Gasteiger partial charge on any atom is 0.133 e. The van der Waals surface area contributed by atoms with E-state index in [1.807, 2.05) is 0 Å². The number of allylic oxidation sites excluding steroid dienone is 1.